The number of nitrogens with zero attached hydrogens (tertiary/aromatic N) is 2. The summed E-state index contributed by atoms with van der Waals surface area (Å²) >= 11 is 0. The van der Waals surface area contributed by atoms with Crippen LogP contribution in [0.1, 0.15) is 11.1 Å². The lowest BCUT2D eigenvalue weighted by Crippen LogP contribution is -1.85. The number of isocyanates is 3. The zero-order valence-electron chi connectivity index (χ0n) is 8.84. The van der Waals surface area contributed by atoms with Crippen molar-refractivity contribution >= 4 is 18.2 Å². The van der Waals surface area contributed by atoms with Crippen LogP contribution in [-0.2, 0) is 27.5 Å². The van der Waals surface area contributed by atoms with Crippen LogP contribution < -0.4 is 0 Å². The van der Waals surface area contributed by atoms with E-state index in [2.05, 4.69) is 9.98 Å². The molecule has 0 aliphatic rings. The molecule has 0 saturated heterocycles. The van der Waals surface area contributed by atoms with E-state index in [1.807, 2.05) is 24.3 Å². The topological polar surface area (TPSA) is 99.8 Å². The van der Waals surface area contributed by atoms with Crippen molar-refractivity contribution < 1.29 is 14.4 Å². The van der Waals surface area contributed by atoms with Crippen molar-refractivity contribution in [3.05, 3.63) is 35.4 Å². The summed E-state index contributed by atoms with van der Waals surface area (Å²) in [5.74, 6) is 0. The number of rotatable bonds is 4. The van der Waals surface area contributed by atoms with Crippen LogP contribution in [0, 0.1) is 5.41 Å². The van der Waals surface area contributed by atoms with E-state index in [1.165, 1.54) is 12.2 Å². The molecule has 1 aromatic carbocycles. The summed E-state index contributed by atoms with van der Waals surface area (Å²) in [6, 6.07) is 7.34. The summed E-state index contributed by atoms with van der Waals surface area (Å²) in [6.45, 7) is 0.615. The third kappa shape index (κ3) is 7.31. The summed E-state index contributed by atoms with van der Waals surface area (Å²) in [5.41, 5.74) is 1.79. The van der Waals surface area contributed by atoms with Crippen molar-refractivity contribution in [2.45, 2.75) is 13.1 Å². The van der Waals surface area contributed by atoms with Crippen molar-refractivity contribution in [2.24, 2.45) is 9.98 Å². The Morgan fingerprint density at radius 2 is 1.41 bits per heavy atom. The zero-order valence-corrected chi connectivity index (χ0v) is 8.84. The zero-order chi connectivity index (χ0) is 12.9. The maximum atomic E-state index is 9.87. The summed E-state index contributed by atoms with van der Waals surface area (Å²) in [6.07, 6.45) is 3.69. The molecule has 0 spiro atoms. The number of carbonyl (C=O) groups excluding carboxylic acids is 3. The Kier molecular flexibility index (Phi) is 8.36. The van der Waals surface area contributed by atoms with Crippen LogP contribution in [-0.4, -0.2) is 18.2 Å². The quantitative estimate of drug-likeness (QED) is 0.623. The second kappa shape index (κ2) is 9.90. The van der Waals surface area contributed by atoms with Crippen molar-refractivity contribution in [3.63, 3.8) is 0 Å². The summed E-state index contributed by atoms with van der Waals surface area (Å²) < 4.78 is 0. The van der Waals surface area contributed by atoms with Crippen molar-refractivity contribution in [2.75, 3.05) is 0 Å². The van der Waals surface area contributed by atoms with Gasteiger partial charge in [0.05, 0.1) is 13.1 Å². The van der Waals surface area contributed by atoms with Gasteiger partial charge in [-0.25, -0.2) is 29.8 Å². The predicted octanol–water partition coefficient (Wildman–Crippen LogP) is 1.26. The lowest BCUT2D eigenvalue weighted by Gasteiger charge is -1.98. The highest BCUT2D eigenvalue weighted by atomic mass is 16.1. The third-order valence-corrected chi connectivity index (χ3v) is 1.64. The second-order valence-corrected chi connectivity index (χ2v) is 2.74. The Morgan fingerprint density at radius 1 is 1.00 bits per heavy atom. The normalized spacial score (nSPS) is 7.53. The summed E-state index contributed by atoms with van der Waals surface area (Å²) in [5, 5.41) is 5.40. The van der Waals surface area contributed by atoms with Gasteiger partial charge >= 0.3 is 0 Å². The van der Waals surface area contributed by atoms with Crippen LogP contribution in [0.25, 0.3) is 0 Å². The lowest BCUT2D eigenvalue weighted by molar-refractivity contribution is 0.562. The Labute approximate surface area is 97.2 Å². The average molecular weight is 231 g/mol. The first-order chi connectivity index (χ1) is 8.28. The summed E-state index contributed by atoms with van der Waals surface area (Å²) in [4.78, 5) is 35.0. The molecule has 0 aromatic heterocycles. The highest BCUT2D eigenvalue weighted by Gasteiger charge is 1.94. The Balaban J connectivity index is 0.000000770. The predicted molar refractivity (Wildman–Crippen MR) is 58.5 cm³/mol. The molecule has 0 unspecified atom stereocenters. The van der Waals surface area contributed by atoms with Crippen LogP contribution >= 0.6 is 0 Å². The fraction of sp³-hybridized carbons (Fsp3) is 0.182. The van der Waals surface area contributed by atoms with E-state index in [4.69, 9.17) is 10.2 Å². The van der Waals surface area contributed by atoms with Crippen LogP contribution in [0.4, 0.5) is 0 Å². The second-order valence-electron chi connectivity index (χ2n) is 2.74. The molecule has 6 heteroatoms. The molecule has 0 heterocycles. The molecule has 0 atom stereocenters. The van der Waals surface area contributed by atoms with Gasteiger partial charge < -0.3 is 0 Å². The molecule has 0 amide bonds. The number of hydrogen-bond donors (Lipinski definition) is 1. The molecule has 0 saturated carbocycles. The van der Waals surface area contributed by atoms with Crippen LogP contribution in [0.15, 0.2) is 34.3 Å². The van der Waals surface area contributed by atoms with Gasteiger partial charge in [0.15, 0.2) is 0 Å². The molecule has 0 aliphatic carbocycles. The lowest BCUT2D eigenvalue weighted by atomic mass is 10.1. The van der Waals surface area contributed by atoms with Gasteiger partial charge in [-0.3, -0.25) is 0 Å². The van der Waals surface area contributed by atoms with Gasteiger partial charge in [-0.05, 0) is 11.1 Å². The highest BCUT2D eigenvalue weighted by molar-refractivity contribution is 5.35. The molecule has 86 valence electrons. The smallest absolute Gasteiger partial charge is 0.222 e. The summed E-state index contributed by atoms with van der Waals surface area (Å²) in [7, 11) is 0. The van der Waals surface area contributed by atoms with Crippen LogP contribution in [0.5, 0.6) is 0 Å². The molecular formula is C11H9N3O3. The van der Waals surface area contributed by atoms with E-state index in [1.54, 1.807) is 0 Å². The minimum Gasteiger partial charge on any atom is -0.222 e. The number of hydrogen-bond acceptors (Lipinski definition) is 6. The van der Waals surface area contributed by atoms with Gasteiger partial charge in [-0.2, -0.15) is 0 Å². The molecule has 0 aliphatic heterocycles. The number of nitrogens with one attached hydrogen (secondary N) is 1. The Morgan fingerprint density at radius 3 is 1.76 bits per heavy atom. The molecule has 1 aromatic rings. The highest BCUT2D eigenvalue weighted by Crippen LogP contribution is 2.07. The molecule has 0 radical (unpaired) electrons. The number of aliphatic imine (C=N–C) groups is 2. The minimum atomic E-state index is 0.308. The monoisotopic (exact) mass is 231 g/mol. The largest absolute Gasteiger partial charge is 0.235 e. The van der Waals surface area contributed by atoms with Gasteiger partial charge in [0.2, 0.25) is 18.2 Å². The standard InChI is InChI=1S/C10H8N2O2.CHNO/c13-7-11-5-9-2-1-3-10(4-9)6-12-8-14;2-1-3/h1-4H,5-6H2;2H. The van der Waals surface area contributed by atoms with Crippen molar-refractivity contribution in [1.29, 1.82) is 5.41 Å². The van der Waals surface area contributed by atoms with Crippen LogP contribution in [0.3, 0.4) is 0 Å². The average Bonchev–Trinajstić information content (AvgIpc) is 2.35. The molecule has 17 heavy (non-hydrogen) atoms. The Bertz CT molecular complexity index is 445. The van der Waals surface area contributed by atoms with Gasteiger partial charge in [0.1, 0.15) is 0 Å². The molecular weight excluding hydrogens is 222 g/mol. The van der Waals surface area contributed by atoms with Gasteiger partial charge in [-0.15, -0.1) is 0 Å². The molecule has 1 N–H and O–H groups in total. The van der Waals surface area contributed by atoms with Gasteiger partial charge in [0, 0.05) is 0 Å². The molecule has 0 fully saturated rings. The van der Waals surface area contributed by atoms with E-state index in [-0.39, 0.29) is 0 Å². The maximum absolute atomic E-state index is 9.87. The number of benzene rings is 1. The third-order valence-electron chi connectivity index (χ3n) is 1.64. The van der Waals surface area contributed by atoms with E-state index in [0.717, 1.165) is 17.2 Å². The SMILES string of the molecule is N=C=O.O=C=NCc1cccc(CN=C=O)c1. The van der Waals surface area contributed by atoms with Crippen molar-refractivity contribution in [1.82, 2.24) is 0 Å². The fourth-order valence-corrected chi connectivity index (χ4v) is 1.07. The Hall–Kier alpha value is -2.64. The minimum absolute atomic E-state index is 0.308. The molecule has 6 nitrogen and oxygen atoms in total. The van der Waals surface area contributed by atoms with E-state index in [9.17, 15) is 9.59 Å². The molecule has 0 bridgehead atoms. The first kappa shape index (κ1) is 14.4. The van der Waals surface area contributed by atoms with Crippen molar-refractivity contribution in [3.8, 4) is 0 Å². The van der Waals surface area contributed by atoms with E-state index < -0.39 is 0 Å². The first-order valence-corrected chi connectivity index (χ1v) is 4.47. The van der Waals surface area contributed by atoms with E-state index >= 15 is 0 Å². The van der Waals surface area contributed by atoms with Crippen LogP contribution in [0.2, 0.25) is 0 Å². The maximum Gasteiger partial charge on any atom is 0.235 e. The fourth-order valence-electron chi connectivity index (χ4n) is 1.07. The molecule has 1 rings (SSSR count). The van der Waals surface area contributed by atoms with Gasteiger partial charge in [-0.1, -0.05) is 24.3 Å². The first-order valence-electron chi connectivity index (χ1n) is 4.47. The van der Waals surface area contributed by atoms with Gasteiger partial charge in [0.25, 0.3) is 0 Å². The van der Waals surface area contributed by atoms with E-state index in [0.29, 0.717) is 13.1 Å².